The molecule has 0 spiro atoms. The lowest BCUT2D eigenvalue weighted by molar-refractivity contribution is 0.632. The molecule has 0 unspecified atom stereocenters. The van der Waals surface area contributed by atoms with Gasteiger partial charge in [0.1, 0.15) is 0 Å². The molecular formula is C8H7IN4O. The monoisotopic (exact) mass is 302 g/mol. The fourth-order valence-corrected chi connectivity index (χ4v) is 1.44. The summed E-state index contributed by atoms with van der Waals surface area (Å²) < 4.78 is 2.45. The Labute approximate surface area is 93.3 Å². The van der Waals surface area contributed by atoms with Gasteiger partial charge in [-0.05, 0) is 50.7 Å². The molecule has 0 aliphatic carbocycles. The van der Waals surface area contributed by atoms with Crippen molar-refractivity contribution >= 4 is 22.6 Å². The van der Waals surface area contributed by atoms with Gasteiger partial charge >= 0.3 is 5.69 Å². The first-order valence-corrected chi connectivity index (χ1v) is 5.06. The van der Waals surface area contributed by atoms with E-state index in [0.717, 1.165) is 5.56 Å². The lowest BCUT2D eigenvalue weighted by atomic mass is 10.2. The molecule has 1 aromatic heterocycles. The number of hydrogen-bond acceptors (Lipinski definition) is 3. The number of halogens is 1. The number of nitrogens with one attached hydrogen (secondary N) is 1. The largest absolute Gasteiger partial charge is 0.361 e. The number of nitrogens with zero attached hydrogens (tertiary/aromatic N) is 3. The Balaban J connectivity index is 2.23. The molecule has 0 fully saturated rings. The normalized spacial score (nSPS) is 10.4. The van der Waals surface area contributed by atoms with Gasteiger partial charge in [-0.2, -0.15) is 4.68 Å². The van der Waals surface area contributed by atoms with E-state index in [0.29, 0.717) is 6.54 Å². The van der Waals surface area contributed by atoms with Crippen LogP contribution in [0.4, 0.5) is 0 Å². The number of aromatic nitrogens is 4. The van der Waals surface area contributed by atoms with Crippen LogP contribution < -0.4 is 5.69 Å². The van der Waals surface area contributed by atoms with Crippen LogP contribution in [0.15, 0.2) is 29.1 Å². The van der Waals surface area contributed by atoms with Crippen molar-refractivity contribution in [2.75, 3.05) is 0 Å². The van der Waals surface area contributed by atoms with Crippen LogP contribution in [0, 0.1) is 3.57 Å². The number of H-pyrrole nitrogens is 1. The fraction of sp³-hybridized carbons (Fsp3) is 0.125. The Bertz CT molecular complexity index is 473. The predicted molar refractivity (Wildman–Crippen MR) is 58.9 cm³/mol. The van der Waals surface area contributed by atoms with E-state index in [9.17, 15) is 4.79 Å². The highest BCUT2D eigenvalue weighted by molar-refractivity contribution is 14.1. The first-order chi connectivity index (χ1) is 6.75. The second kappa shape index (κ2) is 3.91. The Morgan fingerprint density at radius 1 is 1.36 bits per heavy atom. The molecule has 0 aliphatic heterocycles. The minimum absolute atomic E-state index is 0.288. The molecule has 1 N–H and O–H groups in total. The van der Waals surface area contributed by atoms with Gasteiger partial charge in [0.15, 0.2) is 0 Å². The van der Waals surface area contributed by atoms with Gasteiger partial charge in [-0.15, -0.1) is 0 Å². The molecule has 1 heterocycles. The highest BCUT2D eigenvalue weighted by Crippen LogP contribution is 2.06. The van der Waals surface area contributed by atoms with E-state index in [1.54, 1.807) is 0 Å². The van der Waals surface area contributed by atoms with Crippen LogP contribution in [0.5, 0.6) is 0 Å². The molecule has 1 aromatic carbocycles. The summed E-state index contributed by atoms with van der Waals surface area (Å²) in [5, 5.41) is 9.28. The van der Waals surface area contributed by atoms with Gasteiger partial charge in [0.05, 0.1) is 6.54 Å². The second-order valence-corrected chi connectivity index (χ2v) is 4.04. The fourth-order valence-electron chi connectivity index (χ4n) is 1.08. The van der Waals surface area contributed by atoms with Crippen molar-refractivity contribution in [3.8, 4) is 0 Å². The number of hydrogen-bond donors (Lipinski definition) is 1. The molecule has 14 heavy (non-hydrogen) atoms. The second-order valence-electron chi connectivity index (χ2n) is 2.79. The van der Waals surface area contributed by atoms with Gasteiger partial charge < -0.3 is 0 Å². The van der Waals surface area contributed by atoms with E-state index in [4.69, 9.17) is 0 Å². The van der Waals surface area contributed by atoms with Crippen molar-refractivity contribution < 1.29 is 0 Å². The summed E-state index contributed by atoms with van der Waals surface area (Å²) in [5.74, 6) is 0. The Morgan fingerprint density at radius 2 is 2.07 bits per heavy atom. The zero-order chi connectivity index (χ0) is 9.97. The van der Waals surface area contributed by atoms with Crippen LogP contribution in [0.2, 0.25) is 0 Å². The first-order valence-electron chi connectivity index (χ1n) is 3.98. The van der Waals surface area contributed by atoms with Crippen molar-refractivity contribution in [2.45, 2.75) is 6.54 Å². The first kappa shape index (κ1) is 9.38. The smallest absolute Gasteiger partial charge is 0.245 e. The molecule has 0 saturated carbocycles. The molecule has 72 valence electrons. The molecule has 0 aliphatic rings. The summed E-state index contributed by atoms with van der Waals surface area (Å²) in [6.45, 7) is 0.451. The van der Waals surface area contributed by atoms with Crippen LogP contribution in [0.3, 0.4) is 0 Å². The molecule has 0 saturated heterocycles. The summed E-state index contributed by atoms with van der Waals surface area (Å²) >= 11 is 2.23. The molecule has 5 nitrogen and oxygen atoms in total. The maximum Gasteiger partial charge on any atom is 0.361 e. The maximum atomic E-state index is 11.1. The minimum atomic E-state index is -0.288. The molecular weight excluding hydrogens is 295 g/mol. The molecule has 6 heteroatoms. The van der Waals surface area contributed by atoms with Gasteiger partial charge in [-0.3, -0.25) is 0 Å². The van der Waals surface area contributed by atoms with Crippen LogP contribution in [0.1, 0.15) is 5.56 Å². The highest BCUT2D eigenvalue weighted by atomic mass is 127. The number of rotatable bonds is 2. The van der Waals surface area contributed by atoms with Gasteiger partial charge in [-0.1, -0.05) is 12.1 Å². The van der Waals surface area contributed by atoms with Gasteiger partial charge in [0.2, 0.25) is 0 Å². The van der Waals surface area contributed by atoms with E-state index in [2.05, 4.69) is 38.1 Å². The average molecular weight is 302 g/mol. The molecule has 0 bridgehead atoms. The molecule has 2 rings (SSSR count). The SMILES string of the molecule is O=c1[nH]nnn1Cc1ccc(I)cc1. The third-order valence-electron chi connectivity index (χ3n) is 1.78. The van der Waals surface area contributed by atoms with E-state index < -0.39 is 0 Å². The van der Waals surface area contributed by atoms with Gasteiger partial charge in [0.25, 0.3) is 0 Å². The Kier molecular flexibility index (Phi) is 2.62. The zero-order valence-electron chi connectivity index (χ0n) is 7.14. The van der Waals surface area contributed by atoms with E-state index in [-0.39, 0.29) is 5.69 Å². The summed E-state index contributed by atoms with van der Waals surface area (Å²) in [5.41, 5.74) is 0.741. The van der Waals surface area contributed by atoms with E-state index in [1.165, 1.54) is 8.25 Å². The molecule has 0 radical (unpaired) electrons. The minimum Gasteiger partial charge on any atom is -0.245 e. The van der Waals surface area contributed by atoms with Crippen molar-refractivity contribution in [2.24, 2.45) is 0 Å². The van der Waals surface area contributed by atoms with Crippen molar-refractivity contribution in [3.63, 3.8) is 0 Å². The maximum absolute atomic E-state index is 11.1. The van der Waals surface area contributed by atoms with Crippen molar-refractivity contribution in [1.29, 1.82) is 0 Å². The van der Waals surface area contributed by atoms with Crippen molar-refractivity contribution in [3.05, 3.63) is 43.9 Å². The third-order valence-corrected chi connectivity index (χ3v) is 2.50. The lowest BCUT2D eigenvalue weighted by Gasteiger charge is -1.98. The number of tetrazole rings is 1. The highest BCUT2D eigenvalue weighted by Gasteiger charge is 1.99. The predicted octanol–water partition coefficient (Wildman–Crippen LogP) is 0.619. The van der Waals surface area contributed by atoms with Gasteiger partial charge in [-0.25, -0.2) is 9.89 Å². The summed E-state index contributed by atoms with van der Waals surface area (Å²) in [6, 6.07) is 7.90. The molecule has 2 aromatic rings. The van der Waals surface area contributed by atoms with Gasteiger partial charge in [0, 0.05) is 3.57 Å². The summed E-state index contributed by atoms with van der Waals surface area (Å²) in [4.78, 5) is 11.1. The summed E-state index contributed by atoms with van der Waals surface area (Å²) in [6.07, 6.45) is 0. The Hall–Kier alpha value is -1.18. The summed E-state index contributed by atoms with van der Waals surface area (Å²) in [7, 11) is 0. The molecule has 0 atom stereocenters. The lowest BCUT2D eigenvalue weighted by Crippen LogP contribution is -2.18. The topological polar surface area (TPSA) is 63.6 Å². The number of aromatic amines is 1. The average Bonchev–Trinajstić information content (AvgIpc) is 2.56. The van der Waals surface area contributed by atoms with E-state index in [1.807, 2.05) is 24.3 Å². The molecule has 0 amide bonds. The standard InChI is InChI=1S/C8H7IN4O/c9-7-3-1-6(2-4-7)5-13-8(14)10-11-12-13/h1-4H,5H2,(H,10,12,14). The quantitative estimate of drug-likeness (QED) is 0.827. The Morgan fingerprint density at radius 3 is 2.64 bits per heavy atom. The van der Waals surface area contributed by atoms with Crippen LogP contribution >= 0.6 is 22.6 Å². The third kappa shape index (κ3) is 2.00. The zero-order valence-corrected chi connectivity index (χ0v) is 9.30. The van der Waals surface area contributed by atoms with Crippen molar-refractivity contribution in [1.82, 2.24) is 20.2 Å². The number of benzene rings is 1. The van der Waals surface area contributed by atoms with E-state index >= 15 is 0 Å². The van der Waals surface area contributed by atoms with Crippen LogP contribution in [-0.2, 0) is 6.54 Å². The van der Waals surface area contributed by atoms with Crippen LogP contribution in [-0.4, -0.2) is 20.2 Å². The van der Waals surface area contributed by atoms with Crippen LogP contribution in [0.25, 0.3) is 0 Å².